The maximum Gasteiger partial charge on any atom is 0.315 e. The molecule has 26 heavy (non-hydrogen) atoms. The maximum absolute atomic E-state index is 11.9. The number of amides is 2. The number of likely N-dealkylation sites (tertiary alicyclic amines) is 1. The minimum Gasteiger partial charge on any atom is -0.491 e. The Morgan fingerprint density at radius 1 is 1.15 bits per heavy atom. The summed E-state index contributed by atoms with van der Waals surface area (Å²) in [6, 6.07) is 7.75. The van der Waals surface area contributed by atoms with E-state index in [1.807, 2.05) is 38.1 Å². The van der Waals surface area contributed by atoms with Crippen LogP contribution in [-0.2, 0) is 6.54 Å². The van der Waals surface area contributed by atoms with Crippen molar-refractivity contribution >= 4 is 6.03 Å². The van der Waals surface area contributed by atoms with Gasteiger partial charge in [0.1, 0.15) is 5.75 Å². The molecule has 0 aromatic heterocycles. The monoisotopic (exact) mass is 361 g/mol. The van der Waals surface area contributed by atoms with E-state index in [-0.39, 0.29) is 12.1 Å². The first kappa shape index (κ1) is 20.6. The third kappa shape index (κ3) is 8.09. The second kappa shape index (κ2) is 11.1. The Morgan fingerprint density at radius 2 is 1.85 bits per heavy atom. The minimum atomic E-state index is -0.0979. The molecule has 5 heteroatoms. The van der Waals surface area contributed by atoms with Gasteiger partial charge in [-0.2, -0.15) is 0 Å². The minimum absolute atomic E-state index is 0.0979. The van der Waals surface area contributed by atoms with Crippen molar-refractivity contribution < 1.29 is 9.53 Å². The summed E-state index contributed by atoms with van der Waals surface area (Å²) in [7, 11) is 0. The highest BCUT2D eigenvalue weighted by Gasteiger charge is 2.14. The lowest BCUT2D eigenvalue weighted by atomic mass is 9.99. The number of rotatable bonds is 9. The Labute approximate surface area is 158 Å². The highest BCUT2D eigenvalue weighted by molar-refractivity contribution is 5.73. The predicted molar refractivity (Wildman–Crippen MR) is 107 cm³/mol. The predicted octanol–water partition coefficient (Wildman–Crippen LogP) is 3.79. The fourth-order valence-electron chi connectivity index (χ4n) is 3.15. The Hall–Kier alpha value is -1.75. The van der Waals surface area contributed by atoms with Crippen molar-refractivity contribution in [1.29, 1.82) is 0 Å². The molecule has 2 N–H and O–H groups in total. The van der Waals surface area contributed by atoms with Gasteiger partial charge in [0.2, 0.25) is 0 Å². The molecule has 0 radical (unpaired) electrons. The summed E-state index contributed by atoms with van der Waals surface area (Å²) in [6.45, 7) is 11.2. The Bertz CT molecular complexity index is 523. The van der Waals surface area contributed by atoms with Crippen molar-refractivity contribution in [3.05, 3.63) is 29.8 Å². The molecule has 0 saturated carbocycles. The molecule has 0 unspecified atom stereocenters. The van der Waals surface area contributed by atoms with Crippen LogP contribution in [0.2, 0.25) is 0 Å². The molecule has 5 nitrogen and oxygen atoms in total. The summed E-state index contributed by atoms with van der Waals surface area (Å²) in [5.41, 5.74) is 1.07. The molecule has 2 amide bonds. The zero-order valence-electron chi connectivity index (χ0n) is 16.6. The van der Waals surface area contributed by atoms with Crippen LogP contribution in [-0.4, -0.2) is 43.2 Å². The largest absolute Gasteiger partial charge is 0.491 e. The third-order valence-corrected chi connectivity index (χ3v) is 4.81. The van der Waals surface area contributed by atoms with Crippen molar-refractivity contribution in [2.75, 3.05) is 26.2 Å². The Balaban J connectivity index is 1.52. The number of ether oxygens (including phenoxy) is 1. The third-order valence-electron chi connectivity index (χ3n) is 4.81. The van der Waals surface area contributed by atoms with E-state index in [0.29, 0.717) is 6.54 Å². The average molecular weight is 362 g/mol. The van der Waals surface area contributed by atoms with Gasteiger partial charge in [0.15, 0.2) is 0 Å². The molecule has 1 aliphatic heterocycles. The first-order valence-corrected chi connectivity index (χ1v) is 10.0. The number of benzene rings is 1. The van der Waals surface area contributed by atoms with Gasteiger partial charge in [0.25, 0.3) is 0 Å². The van der Waals surface area contributed by atoms with E-state index in [1.165, 1.54) is 25.9 Å². The van der Waals surface area contributed by atoms with E-state index in [2.05, 4.69) is 22.5 Å². The maximum atomic E-state index is 11.9. The first-order valence-electron chi connectivity index (χ1n) is 10.0. The highest BCUT2D eigenvalue weighted by atomic mass is 16.5. The summed E-state index contributed by atoms with van der Waals surface area (Å²) in [5, 5.41) is 5.84. The summed E-state index contributed by atoms with van der Waals surface area (Å²) >= 11 is 0. The number of urea groups is 1. The fraction of sp³-hybridized carbons (Fsp3) is 0.667. The van der Waals surface area contributed by atoms with Crippen molar-refractivity contribution in [1.82, 2.24) is 15.5 Å². The molecule has 0 atom stereocenters. The van der Waals surface area contributed by atoms with Gasteiger partial charge < -0.3 is 20.3 Å². The molecule has 1 aliphatic rings. The highest BCUT2D eigenvalue weighted by Crippen LogP contribution is 2.16. The van der Waals surface area contributed by atoms with E-state index in [4.69, 9.17) is 4.74 Å². The van der Waals surface area contributed by atoms with Gasteiger partial charge in [-0.15, -0.1) is 0 Å². The molecule has 1 saturated heterocycles. The number of hydrogen-bond donors (Lipinski definition) is 2. The van der Waals surface area contributed by atoms with Crippen LogP contribution in [0.25, 0.3) is 0 Å². The van der Waals surface area contributed by atoms with Crippen LogP contribution in [0.1, 0.15) is 52.0 Å². The molecule has 1 aromatic rings. The lowest BCUT2D eigenvalue weighted by Crippen LogP contribution is -2.36. The zero-order valence-corrected chi connectivity index (χ0v) is 16.6. The van der Waals surface area contributed by atoms with E-state index in [9.17, 15) is 4.79 Å². The van der Waals surface area contributed by atoms with Gasteiger partial charge in [0.05, 0.1) is 6.10 Å². The summed E-state index contributed by atoms with van der Waals surface area (Å²) < 4.78 is 5.62. The standard InChI is InChI=1S/C21H35N3O2/c1-17(2)26-20-8-6-19(7-9-20)16-23-21(25)22-12-4-5-13-24-14-10-18(3)11-15-24/h6-9,17-18H,4-5,10-16H2,1-3H3,(H2,22,23,25). The lowest BCUT2D eigenvalue weighted by Gasteiger charge is -2.30. The van der Waals surface area contributed by atoms with E-state index >= 15 is 0 Å². The van der Waals surface area contributed by atoms with Crippen molar-refractivity contribution in [3.8, 4) is 5.75 Å². The van der Waals surface area contributed by atoms with Crippen LogP contribution in [0.5, 0.6) is 5.75 Å². The van der Waals surface area contributed by atoms with Gasteiger partial charge in [0, 0.05) is 13.1 Å². The number of carbonyl (C=O) groups excluding carboxylic acids is 1. The van der Waals surface area contributed by atoms with E-state index in [1.54, 1.807) is 0 Å². The number of piperidine rings is 1. The summed E-state index contributed by atoms with van der Waals surface area (Å²) in [5.74, 6) is 1.74. The zero-order chi connectivity index (χ0) is 18.8. The average Bonchev–Trinajstić information content (AvgIpc) is 2.62. The van der Waals surface area contributed by atoms with Gasteiger partial charge in [-0.05, 0) is 82.8 Å². The molecular formula is C21H35N3O2. The summed E-state index contributed by atoms with van der Waals surface area (Å²) in [6.07, 6.45) is 4.99. The van der Waals surface area contributed by atoms with Gasteiger partial charge in [-0.25, -0.2) is 4.79 Å². The molecule has 0 spiro atoms. The van der Waals surface area contributed by atoms with Crippen LogP contribution in [0.15, 0.2) is 24.3 Å². The number of unbranched alkanes of at least 4 members (excludes halogenated alkanes) is 1. The van der Waals surface area contributed by atoms with Crippen LogP contribution >= 0.6 is 0 Å². The number of hydrogen-bond acceptors (Lipinski definition) is 3. The molecular weight excluding hydrogens is 326 g/mol. The van der Waals surface area contributed by atoms with Crippen molar-refractivity contribution in [2.24, 2.45) is 5.92 Å². The van der Waals surface area contributed by atoms with Crippen LogP contribution in [0.3, 0.4) is 0 Å². The molecule has 1 heterocycles. The number of nitrogens with zero attached hydrogens (tertiary/aromatic N) is 1. The van der Waals surface area contributed by atoms with Crippen LogP contribution in [0, 0.1) is 5.92 Å². The van der Waals surface area contributed by atoms with Gasteiger partial charge in [-0.1, -0.05) is 19.1 Å². The van der Waals surface area contributed by atoms with Crippen molar-refractivity contribution in [2.45, 2.75) is 59.1 Å². The smallest absolute Gasteiger partial charge is 0.315 e. The SMILES string of the molecule is CC1CCN(CCCCNC(=O)NCc2ccc(OC(C)C)cc2)CC1. The quantitative estimate of drug-likeness (QED) is 0.658. The topological polar surface area (TPSA) is 53.6 Å². The number of nitrogens with one attached hydrogen (secondary N) is 2. The first-order chi connectivity index (χ1) is 12.5. The second-order valence-corrected chi connectivity index (χ2v) is 7.65. The fourth-order valence-corrected chi connectivity index (χ4v) is 3.15. The summed E-state index contributed by atoms with van der Waals surface area (Å²) in [4.78, 5) is 14.4. The normalized spacial score (nSPS) is 15.8. The van der Waals surface area contributed by atoms with E-state index < -0.39 is 0 Å². The lowest BCUT2D eigenvalue weighted by molar-refractivity contribution is 0.189. The van der Waals surface area contributed by atoms with Gasteiger partial charge in [-0.3, -0.25) is 0 Å². The van der Waals surface area contributed by atoms with Gasteiger partial charge >= 0.3 is 6.03 Å². The molecule has 2 rings (SSSR count). The van der Waals surface area contributed by atoms with Crippen LogP contribution in [0.4, 0.5) is 4.79 Å². The van der Waals surface area contributed by atoms with E-state index in [0.717, 1.165) is 43.2 Å². The molecule has 146 valence electrons. The van der Waals surface area contributed by atoms with Crippen LogP contribution < -0.4 is 15.4 Å². The molecule has 1 aromatic carbocycles. The second-order valence-electron chi connectivity index (χ2n) is 7.65. The van der Waals surface area contributed by atoms with Crippen molar-refractivity contribution in [3.63, 3.8) is 0 Å². The molecule has 0 aliphatic carbocycles. The molecule has 1 fully saturated rings. The number of carbonyl (C=O) groups is 1. The molecule has 0 bridgehead atoms. The Kier molecular flexibility index (Phi) is 8.75. The Morgan fingerprint density at radius 3 is 2.50 bits per heavy atom.